The van der Waals surface area contributed by atoms with Crippen molar-refractivity contribution in [3.8, 4) is 0 Å². The zero-order chi connectivity index (χ0) is 16.3. The number of likely N-dealkylation sites (N-methyl/N-ethyl adjacent to an activating group) is 1. The lowest BCUT2D eigenvalue weighted by molar-refractivity contribution is -0.205. The van der Waals surface area contributed by atoms with Crippen LogP contribution < -0.4 is 5.32 Å². The summed E-state index contributed by atoms with van der Waals surface area (Å²) < 4.78 is 36.7. The van der Waals surface area contributed by atoms with Crippen LogP contribution in [0.15, 0.2) is 18.2 Å². The van der Waals surface area contributed by atoms with Gasteiger partial charge in [0.15, 0.2) is 6.10 Å². The van der Waals surface area contributed by atoms with Gasteiger partial charge < -0.3 is 15.3 Å². The number of alkyl halides is 3. The summed E-state index contributed by atoms with van der Waals surface area (Å²) in [6.45, 7) is -0.544. The summed E-state index contributed by atoms with van der Waals surface area (Å²) in [5.74, 6) is 0. The Kier molecular flexibility index (Phi) is 4.95. The number of aliphatic hydroxyl groups excluding tert-OH is 1. The standard InChI is InChI=1S/C15H19F3N2O2/c1-20(9-13(21)15(16,17)18)14(22)19-8-10-5-6-11-3-2-4-12(11)7-10/h5-7,13,21H,2-4,8-9H2,1H3,(H,19,22)/t13-/m1/s1. The third-order valence-electron chi connectivity index (χ3n) is 3.78. The number of carbonyl (C=O) groups is 1. The molecule has 0 heterocycles. The molecule has 122 valence electrons. The topological polar surface area (TPSA) is 52.6 Å². The van der Waals surface area contributed by atoms with Crippen LogP contribution in [0.2, 0.25) is 0 Å². The van der Waals surface area contributed by atoms with Gasteiger partial charge in [-0.05, 0) is 36.0 Å². The van der Waals surface area contributed by atoms with E-state index in [-0.39, 0.29) is 6.54 Å². The van der Waals surface area contributed by atoms with Gasteiger partial charge in [0.25, 0.3) is 0 Å². The Hall–Kier alpha value is -1.76. The van der Waals surface area contributed by atoms with Crippen molar-refractivity contribution in [2.45, 2.75) is 38.1 Å². The summed E-state index contributed by atoms with van der Waals surface area (Å²) in [4.78, 5) is 12.6. The molecule has 1 aliphatic carbocycles. The lowest BCUT2D eigenvalue weighted by Gasteiger charge is -2.22. The van der Waals surface area contributed by atoms with E-state index in [1.165, 1.54) is 18.2 Å². The minimum absolute atomic E-state index is 0.249. The maximum Gasteiger partial charge on any atom is 0.416 e. The molecule has 1 aromatic rings. The van der Waals surface area contributed by atoms with Crippen LogP contribution in [0.5, 0.6) is 0 Å². The Morgan fingerprint density at radius 1 is 1.36 bits per heavy atom. The number of carbonyl (C=O) groups excluding carboxylic acids is 1. The van der Waals surface area contributed by atoms with E-state index in [4.69, 9.17) is 5.11 Å². The molecule has 22 heavy (non-hydrogen) atoms. The highest BCUT2D eigenvalue weighted by molar-refractivity contribution is 5.73. The van der Waals surface area contributed by atoms with E-state index < -0.39 is 24.9 Å². The van der Waals surface area contributed by atoms with Gasteiger partial charge in [0.2, 0.25) is 0 Å². The molecule has 0 radical (unpaired) electrons. The van der Waals surface area contributed by atoms with Crippen molar-refractivity contribution < 1.29 is 23.1 Å². The summed E-state index contributed by atoms with van der Waals surface area (Å²) >= 11 is 0. The van der Waals surface area contributed by atoms with Crippen molar-refractivity contribution in [2.24, 2.45) is 0 Å². The number of aliphatic hydroxyl groups is 1. The Bertz CT molecular complexity index is 546. The number of amides is 2. The number of halogens is 3. The highest BCUT2D eigenvalue weighted by Gasteiger charge is 2.39. The predicted octanol–water partition coefficient (Wildman–Crippen LogP) is 2.24. The molecule has 1 aliphatic rings. The van der Waals surface area contributed by atoms with Crippen molar-refractivity contribution in [2.75, 3.05) is 13.6 Å². The lowest BCUT2D eigenvalue weighted by atomic mass is 10.1. The number of urea groups is 1. The molecule has 0 bridgehead atoms. The van der Waals surface area contributed by atoms with Gasteiger partial charge >= 0.3 is 12.2 Å². The van der Waals surface area contributed by atoms with Gasteiger partial charge in [0.05, 0.1) is 6.54 Å². The molecule has 1 aromatic carbocycles. The van der Waals surface area contributed by atoms with E-state index in [1.807, 2.05) is 18.2 Å². The van der Waals surface area contributed by atoms with Gasteiger partial charge in [0.1, 0.15) is 0 Å². The Morgan fingerprint density at radius 2 is 2.05 bits per heavy atom. The molecule has 7 heteroatoms. The summed E-state index contributed by atoms with van der Waals surface area (Å²) in [6, 6.07) is 5.31. The van der Waals surface area contributed by atoms with Gasteiger partial charge in [-0.25, -0.2) is 4.79 Å². The minimum Gasteiger partial charge on any atom is -0.382 e. The van der Waals surface area contributed by atoms with E-state index in [9.17, 15) is 18.0 Å². The lowest BCUT2D eigenvalue weighted by Crippen LogP contribution is -2.45. The van der Waals surface area contributed by atoms with E-state index in [2.05, 4.69) is 5.32 Å². The van der Waals surface area contributed by atoms with Gasteiger partial charge in [0, 0.05) is 13.6 Å². The van der Waals surface area contributed by atoms with Crippen LogP contribution in [-0.2, 0) is 19.4 Å². The maximum absolute atomic E-state index is 12.2. The second kappa shape index (κ2) is 6.56. The van der Waals surface area contributed by atoms with Crippen LogP contribution in [0.25, 0.3) is 0 Å². The number of nitrogens with zero attached hydrogens (tertiary/aromatic N) is 1. The first-order valence-corrected chi connectivity index (χ1v) is 7.12. The summed E-state index contributed by atoms with van der Waals surface area (Å²) in [5.41, 5.74) is 3.51. The first kappa shape index (κ1) is 16.6. The van der Waals surface area contributed by atoms with Crippen LogP contribution in [-0.4, -0.2) is 41.9 Å². The fraction of sp³-hybridized carbons (Fsp3) is 0.533. The fourth-order valence-electron chi connectivity index (χ4n) is 2.49. The van der Waals surface area contributed by atoms with Crippen LogP contribution >= 0.6 is 0 Å². The summed E-state index contributed by atoms with van der Waals surface area (Å²) in [7, 11) is 1.22. The third-order valence-corrected chi connectivity index (χ3v) is 3.78. The molecule has 4 nitrogen and oxygen atoms in total. The predicted molar refractivity (Wildman–Crippen MR) is 75.4 cm³/mol. The van der Waals surface area contributed by atoms with E-state index in [0.29, 0.717) is 0 Å². The number of rotatable bonds is 4. The summed E-state index contributed by atoms with van der Waals surface area (Å²) in [6.07, 6.45) is -4.05. The number of fused-ring (bicyclic) bond motifs is 1. The second-order valence-electron chi connectivity index (χ2n) is 5.55. The van der Waals surface area contributed by atoms with Crippen LogP contribution in [0.3, 0.4) is 0 Å². The van der Waals surface area contributed by atoms with Gasteiger partial charge in [-0.15, -0.1) is 0 Å². The maximum atomic E-state index is 12.2. The molecule has 0 fully saturated rings. The minimum atomic E-state index is -4.73. The van der Waals surface area contributed by atoms with Crippen molar-refractivity contribution in [1.82, 2.24) is 10.2 Å². The smallest absolute Gasteiger partial charge is 0.382 e. The van der Waals surface area contributed by atoms with Crippen molar-refractivity contribution >= 4 is 6.03 Å². The Labute approximate surface area is 126 Å². The molecule has 0 unspecified atom stereocenters. The molecule has 2 rings (SSSR count). The van der Waals surface area contributed by atoms with Crippen molar-refractivity contribution in [3.05, 3.63) is 34.9 Å². The second-order valence-corrected chi connectivity index (χ2v) is 5.55. The summed E-state index contributed by atoms with van der Waals surface area (Å²) in [5, 5.41) is 11.5. The molecule has 0 spiro atoms. The Morgan fingerprint density at radius 3 is 2.73 bits per heavy atom. The van der Waals surface area contributed by atoms with Gasteiger partial charge in [-0.2, -0.15) is 13.2 Å². The van der Waals surface area contributed by atoms with E-state index >= 15 is 0 Å². The average molecular weight is 316 g/mol. The molecule has 2 N–H and O–H groups in total. The zero-order valence-electron chi connectivity index (χ0n) is 12.3. The normalized spacial score (nSPS) is 15.3. The highest BCUT2D eigenvalue weighted by Crippen LogP contribution is 2.23. The average Bonchev–Trinajstić information content (AvgIpc) is 2.90. The van der Waals surface area contributed by atoms with Crippen LogP contribution in [0.1, 0.15) is 23.1 Å². The van der Waals surface area contributed by atoms with Crippen molar-refractivity contribution in [3.63, 3.8) is 0 Å². The molecule has 2 amide bonds. The zero-order valence-corrected chi connectivity index (χ0v) is 12.3. The number of benzene rings is 1. The number of nitrogens with one attached hydrogen (secondary N) is 1. The monoisotopic (exact) mass is 316 g/mol. The number of hydrogen-bond acceptors (Lipinski definition) is 2. The van der Waals surface area contributed by atoms with Gasteiger partial charge in [-0.3, -0.25) is 0 Å². The molecule has 0 aromatic heterocycles. The molecule has 0 saturated carbocycles. The first-order chi connectivity index (χ1) is 10.3. The first-order valence-electron chi connectivity index (χ1n) is 7.12. The quantitative estimate of drug-likeness (QED) is 0.895. The fourth-order valence-corrected chi connectivity index (χ4v) is 2.49. The molecular weight excluding hydrogens is 297 g/mol. The van der Waals surface area contributed by atoms with Crippen molar-refractivity contribution in [1.29, 1.82) is 0 Å². The van der Waals surface area contributed by atoms with Crippen LogP contribution in [0, 0.1) is 0 Å². The molecular formula is C15H19F3N2O2. The molecule has 1 atom stereocenters. The number of aryl methyl sites for hydroxylation is 2. The van der Waals surface area contributed by atoms with E-state index in [1.54, 1.807) is 0 Å². The third kappa shape index (κ3) is 4.13. The molecule has 0 saturated heterocycles. The Balaban J connectivity index is 1.84. The largest absolute Gasteiger partial charge is 0.416 e. The van der Waals surface area contributed by atoms with Crippen LogP contribution in [0.4, 0.5) is 18.0 Å². The SMILES string of the molecule is CN(C[C@@H](O)C(F)(F)F)C(=O)NCc1ccc2c(c1)CCC2. The van der Waals surface area contributed by atoms with Gasteiger partial charge in [-0.1, -0.05) is 18.2 Å². The highest BCUT2D eigenvalue weighted by atomic mass is 19.4. The molecule has 0 aliphatic heterocycles. The number of hydrogen-bond donors (Lipinski definition) is 2. The van der Waals surface area contributed by atoms with E-state index in [0.717, 1.165) is 29.7 Å².